The number of carboxylic acids is 1. The van der Waals surface area contributed by atoms with Crippen molar-refractivity contribution in [3.8, 4) is 0 Å². The Labute approximate surface area is 296 Å². The average Bonchev–Trinajstić information content (AvgIpc) is 3.07. The van der Waals surface area contributed by atoms with Crippen LogP contribution in [0.15, 0.2) is 12.2 Å². The molecule has 282 valence electrons. The molecule has 2 N–H and O–H groups in total. The summed E-state index contributed by atoms with van der Waals surface area (Å²) in [5.41, 5.74) is 0. The van der Waals surface area contributed by atoms with Gasteiger partial charge in [-0.2, -0.15) is 0 Å². The van der Waals surface area contributed by atoms with Gasteiger partial charge in [0.25, 0.3) is 0 Å². The molecule has 0 aliphatic carbocycles. The summed E-state index contributed by atoms with van der Waals surface area (Å²) in [6.45, 7) is 7.25. The van der Waals surface area contributed by atoms with Crippen molar-refractivity contribution >= 4 is 5.97 Å². The van der Waals surface area contributed by atoms with Crippen LogP contribution in [0.5, 0.6) is 0 Å². The van der Waals surface area contributed by atoms with E-state index in [1.807, 2.05) is 0 Å². The molecule has 0 radical (unpaired) electrons. The molecule has 0 aromatic heterocycles. The molecule has 0 spiro atoms. The van der Waals surface area contributed by atoms with Crippen molar-refractivity contribution in [3.05, 3.63) is 12.2 Å². The second kappa shape index (κ2) is 45.2. The number of carbonyl (C=O) groups is 1. The van der Waals surface area contributed by atoms with Crippen LogP contribution in [-0.2, 0) is 4.79 Å². The number of hydrogen-bond acceptors (Lipinski definition) is 2. The first kappa shape index (κ1) is 48.3. The van der Waals surface area contributed by atoms with E-state index in [0.717, 1.165) is 12.8 Å². The van der Waals surface area contributed by atoms with Crippen LogP contribution in [0.2, 0.25) is 0 Å². The second-order valence-electron chi connectivity index (χ2n) is 14.7. The minimum Gasteiger partial charge on any atom is -0.481 e. The van der Waals surface area contributed by atoms with Crippen LogP contribution in [-0.4, -0.2) is 22.8 Å². The standard InChI is InChI=1S/C26H54O.C18H34O2/c1-3-5-7-9-11-13-14-16-18-20-22-24-26(25-27)23-21-19-17-15-12-10-8-6-4-2;1-2-3-4-5-6-7-8-9-10-11-12-13-14-15-16-17-18(19)20/h26-27H,3-25H2,1-2H3;9-10H,2-8,11-17H2,1H3,(H,19,20). The minimum absolute atomic E-state index is 0.332. The molecule has 1 unspecified atom stereocenters. The van der Waals surface area contributed by atoms with Gasteiger partial charge < -0.3 is 10.2 Å². The summed E-state index contributed by atoms with van der Waals surface area (Å²) in [6, 6.07) is 0. The predicted octanol–water partition coefficient (Wildman–Crippen LogP) is 15.3. The molecule has 0 saturated heterocycles. The lowest BCUT2D eigenvalue weighted by Gasteiger charge is -2.13. The lowest BCUT2D eigenvalue weighted by atomic mass is 9.94. The van der Waals surface area contributed by atoms with Gasteiger partial charge in [0.2, 0.25) is 0 Å². The lowest BCUT2D eigenvalue weighted by molar-refractivity contribution is -0.137. The minimum atomic E-state index is -0.664. The van der Waals surface area contributed by atoms with Gasteiger partial charge in [0, 0.05) is 13.0 Å². The summed E-state index contributed by atoms with van der Waals surface area (Å²) in [6.07, 6.45) is 51.9. The van der Waals surface area contributed by atoms with Gasteiger partial charge >= 0.3 is 5.97 Å². The molecule has 0 fully saturated rings. The first-order chi connectivity index (χ1) is 23.1. The van der Waals surface area contributed by atoms with Gasteiger partial charge in [-0.25, -0.2) is 0 Å². The number of allylic oxidation sites excluding steroid dienone is 2. The van der Waals surface area contributed by atoms with Crippen LogP contribution in [0.1, 0.15) is 252 Å². The van der Waals surface area contributed by atoms with E-state index in [9.17, 15) is 9.90 Å². The van der Waals surface area contributed by atoms with Crippen LogP contribution in [0.3, 0.4) is 0 Å². The molecule has 0 heterocycles. The number of hydrogen-bond donors (Lipinski definition) is 2. The van der Waals surface area contributed by atoms with Crippen LogP contribution >= 0.6 is 0 Å². The number of unbranched alkanes of at least 4 members (excludes halogenated alkanes) is 29. The average molecular weight is 665 g/mol. The number of aliphatic carboxylic acids is 1. The predicted molar refractivity (Wildman–Crippen MR) is 211 cm³/mol. The molecule has 0 aromatic rings. The summed E-state index contributed by atoms with van der Waals surface area (Å²) < 4.78 is 0. The van der Waals surface area contributed by atoms with Gasteiger partial charge in [0.05, 0.1) is 0 Å². The number of rotatable bonds is 38. The molecule has 0 aliphatic heterocycles. The van der Waals surface area contributed by atoms with Crippen molar-refractivity contribution < 1.29 is 15.0 Å². The monoisotopic (exact) mass is 665 g/mol. The van der Waals surface area contributed by atoms with Crippen LogP contribution in [0.25, 0.3) is 0 Å². The van der Waals surface area contributed by atoms with E-state index in [1.54, 1.807) is 0 Å². The number of aliphatic hydroxyl groups excluding tert-OH is 1. The topological polar surface area (TPSA) is 57.5 Å². The Morgan fingerprint density at radius 1 is 0.426 bits per heavy atom. The Bertz CT molecular complexity index is 587. The smallest absolute Gasteiger partial charge is 0.303 e. The molecule has 0 amide bonds. The summed E-state index contributed by atoms with van der Waals surface area (Å²) in [5.74, 6) is -0.0873. The third-order valence-corrected chi connectivity index (χ3v) is 9.84. The van der Waals surface area contributed by atoms with Crippen molar-refractivity contribution in [2.75, 3.05) is 6.61 Å². The number of aliphatic hydroxyl groups is 1. The second-order valence-corrected chi connectivity index (χ2v) is 14.7. The zero-order valence-corrected chi connectivity index (χ0v) is 32.7. The quantitative estimate of drug-likeness (QED) is 0.0510. The van der Waals surface area contributed by atoms with Crippen molar-refractivity contribution in [1.82, 2.24) is 0 Å². The highest BCUT2D eigenvalue weighted by Crippen LogP contribution is 2.19. The zero-order valence-electron chi connectivity index (χ0n) is 32.7. The Balaban J connectivity index is 0. The first-order valence-electron chi connectivity index (χ1n) is 21.6. The molecule has 0 saturated carbocycles. The van der Waals surface area contributed by atoms with Crippen molar-refractivity contribution in [2.24, 2.45) is 5.92 Å². The van der Waals surface area contributed by atoms with E-state index in [-0.39, 0.29) is 0 Å². The van der Waals surface area contributed by atoms with Gasteiger partial charge in [-0.1, -0.05) is 213 Å². The fraction of sp³-hybridized carbons (Fsp3) is 0.932. The van der Waals surface area contributed by atoms with E-state index < -0.39 is 5.97 Å². The molecular weight excluding hydrogens is 576 g/mol. The Hall–Kier alpha value is -0.830. The number of carboxylic acid groups (broad SMARTS) is 1. The van der Waals surface area contributed by atoms with Gasteiger partial charge in [-0.3, -0.25) is 4.79 Å². The van der Waals surface area contributed by atoms with Crippen LogP contribution < -0.4 is 0 Å². The molecule has 1 atom stereocenters. The van der Waals surface area contributed by atoms with Crippen LogP contribution in [0, 0.1) is 5.92 Å². The molecule has 0 bridgehead atoms. The van der Waals surface area contributed by atoms with E-state index in [2.05, 4.69) is 32.9 Å². The maximum Gasteiger partial charge on any atom is 0.303 e. The highest BCUT2D eigenvalue weighted by Gasteiger charge is 2.07. The normalized spacial score (nSPS) is 12.0. The summed E-state index contributed by atoms with van der Waals surface area (Å²) in [4.78, 5) is 10.3. The molecule has 47 heavy (non-hydrogen) atoms. The fourth-order valence-corrected chi connectivity index (χ4v) is 6.51. The lowest BCUT2D eigenvalue weighted by Crippen LogP contribution is -2.06. The van der Waals surface area contributed by atoms with Crippen LogP contribution in [0.4, 0.5) is 0 Å². The molecular formula is C44H88O3. The highest BCUT2D eigenvalue weighted by atomic mass is 16.4. The van der Waals surface area contributed by atoms with Crippen molar-refractivity contribution in [3.63, 3.8) is 0 Å². The van der Waals surface area contributed by atoms with Gasteiger partial charge in [-0.05, 0) is 50.9 Å². The van der Waals surface area contributed by atoms with E-state index in [1.165, 1.54) is 212 Å². The van der Waals surface area contributed by atoms with Gasteiger partial charge in [0.15, 0.2) is 0 Å². The largest absolute Gasteiger partial charge is 0.481 e. The van der Waals surface area contributed by atoms with Crippen molar-refractivity contribution in [1.29, 1.82) is 0 Å². The van der Waals surface area contributed by atoms with E-state index >= 15 is 0 Å². The maximum absolute atomic E-state index is 10.3. The molecule has 3 nitrogen and oxygen atoms in total. The summed E-state index contributed by atoms with van der Waals surface area (Å²) in [7, 11) is 0. The zero-order chi connectivity index (χ0) is 34.7. The summed E-state index contributed by atoms with van der Waals surface area (Å²) >= 11 is 0. The third-order valence-electron chi connectivity index (χ3n) is 9.84. The Kier molecular flexibility index (Phi) is 46.4. The molecule has 0 aromatic carbocycles. The maximum atomic E-state index is 10.3. The van der Waals surface area contributed by atoms with Gasteiger partial charge in [-0.15, -0.1) is 0 Å². The Morgan fingerprint density at radius 3 is 1.00 bits per heavy atom. The Morgan fingerprint density at radius 2 is 0.702 bits per heavy atom. The fourth-order valence-electron chi connectivity index (χ4n) is 6.51. The van der Waals surface area contributed by atoms with E-state index in [0.29, 0.717) is 18.9 Å². The first-order valence-corrected chi connectivity index (χ1v) is 21.6. The van der Waals surface area contributed by atoms with Gasteiger partial charge in [0.1, 0.15) is 0 Å². The highest BCUT2D eigenvalue weighted by molar-refractivity contribution is 5.66. The molecule has 0 rings (SSSR count). The summed E-state index contributed by atoms with van der Waals surface area (Å²) in [5, 5.41) is 18.1. The third kappa shape index (κ3) is 47.3. The molecule has 3 heteroatoms. The molecule has 0 aliphatic rings. The van der Waals surface area contributed by atoms with E-state index in [4.69, 9.17) is 5.11 Å². The van der Waals surface area contributed by atoms with Crippen molar-refractivity contribution in [2.45, 2.75) is 252 Å². The SMILES string of the molecule is CCCCCCCCC=CCCCCCCCC(=O)O.CCCCCCCCCCCCCC(CO)CCCCCCCCCCC.